The van der Waals surface area contributed by atoms with Crippen LogP contribution in [-0.4, -0.2) is 50.3 Å². The molecule has 0 amide bonds. The number of hydrogen-bond acceptors (Lipinski definition) is 7. The number of ketones is 1. The molecule has 7 nitrogen and oxygen atoms in total. The number of Topliss-reactive ketones (excluding diaryl/α,β-unsaturated/α-hetero) is 1. The molecule has 0 heterocycles. The van der Waals surface area contributed by atoms with Crippen LogP contribution in [0.25, 0.3) is 0 Å². The normalized spacial score (nSPS) is 12.5. The maximum absolute atomic E-state index is 13.1. The number of carbonyl (C=O) groups excluding carboxylic acids is 2. The van der Waals surface area contributed by atoms with Gasteiger partial charge in [-0.05, 0) is 41.5 Å². The molecule has 1 aromatic rings. The van der Waals surface area contributed by atoms with Crippen LogP contribution in [-0.2, 0) is 9.53 Å². The Morgan fingerprint density at radius 1 is 1.22 bits per heavy atom. The number of rotatable bonds is 10. The molecular formula is C19H26INO6. The summed E-state index contributed by atoms with van der Waals surface area (Å²) >= 11 is 2.04. The molecule has 2 N–H and O–H groups in total. The molecule has 0 aromatic heterocycles. The highest BCUT2D eigenvalue weighted by atomic mass is 127. The summed E-state index contributed by atoms with van der Waals surface area (Å²) in [6.07, 6.45) is 1.30. The first-order valence-corrected chi connectivity index (χ1v) is 9.58. The highest BCUT2D eigenvalue weighted by molar-refractivity contribution is 14.1. The predicted molar refractivity (Wildman–Crippen MR) is 110 cm³/mol. The average Bonchev–Trinajstić information content (AvgIpc) is 2.64. The van der Waals surface area contributed by atoms with Gasteiger partial charge in [0.25, 0.3) is 0 Å². The van der Waals surface area contributed by atoms with Crippen molar-refractivity contribution in [2.75, 3.05) is 27.4 Å². The van der Waals surface area contributed by atoms with Gasteiger partial charge in [0.15, 0.2) is 0 Å². The molecule has 0 fully saturated rings. The summed E-state index contributed by atoms with van der Waals surface area (Å²) in [5, 5.41) is 12.4. The fraction of sp³-hybridized carbons (Fsp3) is 0.474. The highest BCUT2D eigenvalue weighted by Crippen LogP contribution is 2.31. The van der Waals surface area contributed by atoms with E-state index in [9.17, 15) is 14.7 Å². The molecule has 1 atom stereocenters. The van der Waals surface area contributed by atoms with E-state index in [0.717, 1.165) is 0 Å². The topological polar surface area (TPSA) is 94.1 Å². The summed E-state index contributed by atoms with van der Waals surface area (Å²) < 4.78 is 16.3. The molecule has 1 rings (SSSR count). The van der Waals surface area contributed by atoms with Gasteiger partial charge >= 0.3 is 5.97 Å². The van der Waals surface area contributed by atoms with Crippen LogP contribution in [0.3, 0.4) is 0 Å². The molecule has 0 unspecified atom stereocenters. The van der Waals surface area contributed by atoms with Gasteiger partial charge in [-0.15, -0.1) is 0 Å². The predicted octanol–water partition coefficient (Wildman–Crippen LogP) is 2.54. The van der Waals surface area contributed by atoms with Crippen LogP contribution in [0.5, 0.6) is 11.5 Å². The number of nitrogens with one attached hydrogen (secondary N) is 1. The highest BCUT2D eigenvalue weighted by Gasteiger charge is 2.26. The van der Waals surface area contributed by atoms with Crippen LogP contribution >= 0.6 is 22.6 Å². The molecule has 0 aliphatic rings. The molecule has 0 saturated carbocycles. The van der Waals surface area contributed by atoms with Gasteiger partial charge in [0.05, 0.1) is 42.6 Å². The van der Waals surface area contributed by atoms with Gasteiger partial charge in [-0.25, -0.2) is 4.79 Å². The first-order chi connectivity index (χ1) is 12.8. The number of esters is 1. The number of aliphatic hydroxyl groups is 1. The van der Waals surface area contributed by atoms with Gasteiger partial charge in [0, 0.05) is 12.3 Å². The molecule has 150 valence electrons. The van der Waals surface area contributed by atoms with Crippen molar-refractivity contribution in [1.29, 1.82) is 0 Å². The second kappa shape index (κ2) is 11.1. The van der Waals surface area contributed by atoms with Crippen molar-refractivity contribution >= 4 is 34.3 Å². The minimum atomic E-state index is -0.747. The Bertz CT molecular complexity index is 702. The van der Waals surface area contributed by atoms with E-state index in [2.05, 4.69) is 5.32 Å². The van der Waals surface area contributed by atoms with E-state index < -0.39 is 11.8 Å². The van der Waals surface area contributed by atoms with Crippen LogP contribution in [0, 0.1) is 9.49 Å². The summed E-state index contributed by atoms with van der Waals surface area (Å²) in [4.78, 5) is 25.4. The molecule has 0 bridgehead atoms. The first-order valence-electron chi connectivity index (χ1n) is 8.51. The quantitative estimate of drug-likeness (QED) is 0.130. The van der Waals surface area contributed by atoms with E-state index >= 15 is 0 Å². The SMILES string of the molecule is CCOC(=O)C(=CN[C@H](CO)C(C)C)C(=O)c1cc(I)c(OC)cc1OC. The number of aliphatic hydroxyl groups excluding tert-OH is 1. The second-order valence-corrected chi connectivity index (χ2v) is 7.16. The van der Waals surface area contributed by atoms with Crippen molar-refractivity contribution in [3.05, 3.63) is 33.0 Å². The van der Waals surface area contributed by atoms with Gasteiger partial charge in [-0.2, -0.15) is 0 Å². The van der Waals surface area contributed by atoms with E-state index in [1.165, 1.54) is 20.4 Å². The molecule has 1 aromatic carbocycles. The number of hydrogen-bond donors (Lipinski definition) is 2. The van der Waals surface area contributed by atoms with Gasteiger partial charge in [-0.3, -0.25) is 4.79 Å². The first kappa shape index (κ1) is 23.2. The molecule has 0 radical (unpaired) electrons. The van der Waals surface area contributed by atoms with Crippen LogP contribution < -0.4 is 14.8 Å². The molecule has 0 saturated heterocycles. The molecule has 8 heteroatoms. The van der Waals surface area contributed by atoms with Crippen molar-refractivity contribution in [3.8, 4) is 11.5 Å². The lowest BCUT2D eigenvalue weighted by Crippen LogP contribution is -2.34. The Hall–Kier alpha value is -1.81. The van der Waals surface area contributed by atoms with Crippen molar-refractivity contribution in [2.45, 2.75) is 26.8 Å². The number of carbonyl (C=O) groups is 2. The molecular weight excluding hydrogens is 465 g/mol. The van der Waals surface area contributed by atoms with Crippen molar-refractivity contribution < 1.29 is 28.9 Å². The van der Waals surface area contributed by atoms with Crippen molar-refractivity contribution in [2.24, 2.45) is 5.92 Å². The minimum absolute atomic E-state index is 0.0984. The molecule has 0 aliphatic heterocycles. The third-order valence-electron chi connectivity index (χ3n) is 3.90. The maximum Gasteiger partial charge on any atom is 0.343 e. The zero-order chi connectivity index (χ0) is 20.6. The Morgan fingerprint density at radius 2 is 1.85 bits per heavy atom. The van der Waals surface area contributed by atoms with Crippen molar-refractivity contribution in [1.82, 2.24) is 5.32 Å². The van der Waals surface area contributed by atoms with Crippen LogP contribution in [0.4, 0.5) is 0 Å². The van der Waals surface area contributed by atoms with Crippen LogP contribution in [0.1, 0.15) is 31.1 Å². The van der Waals surface area contributed by atoms with E-state index in [1.54, 1.807) is 19.1 Å². The summed E-state index contributed by atoms with van der Waals surface area (Å²) in [5.74, 6) is -0.345. The largest absolute Gasteiger partial charge is 0.496 e. The lowest BCUT2D eigenvalue weighted by Gasteiger charge is -2.19. The molecule has 0 aliphatic carbocycles. The number of ether oxygens (including phenoxy) is 3. The van der Waals surface area contributed by atoms with Crippen LogP contribution in [0.15, 0.2) is 23.9 Å². The lowest BCUT2D eigenvalue weighted by molar-refractivity contribution is -0.138. The van der Waals surface area contributed by atoms with Crippen molar-refractivity contribution in [3.63, 3.8) is 0 Å². The Balaban J connectivity index is 3.36. The number of methoxy groups -OCH3 is 2. The average molecular weight is 491 g/mol. The fourth-order valence-corrected chi connectivity index (χ4v) is 2.94. The van der Waals surface area contributed by atoms with E-state index in [1.807, 2.05) is 36.4 Å². The third kappa shape index (κ3) is 6.10. The fourth-order valence-electron chi connectivity index (χ4n) is 2.25. The van der Waals surface area contributed by atoms with Gasteiger partial charge in [0.1, 0.15) is 17.1 Å². The number of halogens is 1. The summed E-state index contributed by atoms with van der Waals surface area (Å²) in [7, 11) is 2.96. The smallest absolute Gasteiger partial charge is 0.343 e. The molecule has 0 spiro atoms. The van der Waals surface area contributed by atoms with Gasteiger partial charge < -0.3 is 24.6 Å². The Labute approximate surface area is 173 Å². The monoisotopic (exact) mass is 491 g/mol. The zero-order valence-corrected chi connectivity index (χ0v) is 18.3. The van der Waals surface area contributed by atoms with Gasteiger partial charge in [-0.1, -0.05) is 13.8 Å². The van der Waals surface area contributed by atoms with E-state index in [-0.39, 0.29) is 42.1 Å². The summed E-state index contributed by atoms with van der Waals surface area (Å²) in [5.41, 5.74) is 0.0455. The minimum Gasteiger partial charge on any atom is -0.496 e. The van der Waals surface area contributed by atoms with E-state index in [0.29, 0.717) is 9.32 Å². The third-order valence-corrected chi connectivity index (χ3v) is 4.74. The lowest BCUT2D eigenvalue weighted by atomic mass is 10.0. The second-order valence-electron chi connectivity index (χ2n) is 5.99. The zero-order valence-electron chi connectivity index (χ0n) is 16.2. The summed E-state index contributed by atoms with van der Waals surface area (Å²) in [6, 6.07) is 2.88. The van der Waals surface area contributed by atoms with E-state index in [4.69, 9.17) is 14.2 Å². The summed E-state index contributed by atoms with van der Waals surface area (Å²) in [6.45, 7) is 5.50. The number of benzene rings is 1. The van der Waals surface area contributed by atoms with Crippen LogP contribution in [0.2, 0.25) is 0 Å². The Morgan fingerprint density at radius 3 is 2.33 bits per heavy atom. The standard InChI is InChI=1S/C19H26INO6/c1-6-27-19(24)13(9-21-15(10-22)11(2)3)18(23)12-7-14(20)17(26-5)8-16(12)25-4/h7-9,11,15,21-22H,6,10H2,1-5H3/t15-/m1/s1. The Kier molecular flexibility index (Phi) is 9.57. The maximum atomic E-state index is 13.1. The van der Waals surface area contributed by atoms with Gasteiger partial charge in [0.2, 0.25) is 5.78 Å². The molecule has 27 heavy (non-hydrogen) atoms.